The summed E-state index contributed by atoms with van der Waals surface area (Å²) < 4.78 is 0. The van der Waals surface area contributed by atoms with Crippen LogP contribution in [0.4, 0.5) is 4.79 Å². The van der Waals surface area contributed by atoms with E-state index < -0.39 is 6.03 Å². The standard InChI is InChI=1S/C6H11N2O3/c1-3-7(5-9)6(10)8(11)4-2/h11H,3-4H2,1-2H3. The van der Waals surface area contributed by atoms with E-state index in [2.05, 4.69) is 0 Å². The lowest BCUT2D eigenvalue weighted by atomic mass is 10.6. The van der Waals surface area contributed by atoms with Crippen LogP contribution in [0.15, 0.2) is 0 Å². The Balaban J connectivity index is 4.08. The summed E-state index contributed by atoms with van der Waals surface area (Å²) >= 11 is 0. The fraction of sp³-hybridized carbons (Fsp3) is 0.667. The van der Waals surface area contributed by atoms with Crippen LogP contribution in [0.1, 0.15) is 13.8 Å². The van der Waals surface area contributed by atoms with Gasteiger partial charge in [-0.05, 0) is 13.8 Å². The number of hydrogen-bond acceptors (Lipinski definition) is 3. The van der Waals surface area contributed by atoms with Gasteiger partial charge >= 0.3 is 12.4 Å². The molecule has 0 spiro atoms. The van der Waals surface area contributed by atoms with Crippen molar-refractivity contribution in [2.24, 2.45) is 0 Å². The first-order valence-electron chi connectivity index (χ1n) is 3.33. The van der Waals surface area contributed by atoms with Crippen LogP contribution in [-0.2, 0) is 4.79 Å². The minimum Gasteiger partial charge on any atom is -0.284 e. The molecule has 11 heavy (non-hydrogen) atoms. The maximum Gasteiger partial charge on any atom is 0.350 e. The fourth-order valence-corrected chi connectivity index (χ4v) is 0.513. The summed E-state index contributed by atoms with van der Waals surface area (Å²) in [5.41, 5.74) is 0. The minimum absolute atomic E-state index is 0.150. The number of hydrogen-bond donors (Lipinski definition) is 1. The Bertz CT molecular complexity index is 149. The van der Waals surface area contributed by atoms with Crippen molar-refractivity contribution in [2.45, 2.75) is 13.8 Å². The van der Waals surface area contributed by atoms with Crippen LogP contribution < -0.4 is 0 Å². The van der Waals surface area contributed by atoms with Crippen LogP contribution >= 0.6 is 0 Å². The molecule has 1 radical (unpaired) electrons. The third-order valence-electron chi connectivity index (χ3n) is 1.18. The zero-order valence-corrected chi connectivity index (χ0v) is 6.57. The molecule has 1 N–H and O–H groups in total. The quantitative estimate of drug-likeness (QED) is 0.363. The topological polar surface area (TPSA) is 60.9 Å². The van der Waals surface area contributed by atoms with Gasteiger partial charge in [-0.2, -0.15) is 0 Å². The van der Waals surface area contributed by atoms with Gasteiger partial charge in [0, 0.05) is 13.1 Å². The predicted octanol–water partition coefficient (Wildman–Crippen LogP) is 0.207. The van der Waals surface area contributed by atoms with E-state index in [1.807, 2.05) is 0 Å². The molecule has 63 valence electrons. The molecule has 0 saturated heterocycles. The second-order valence-corrected chi connectivity index (χ2v) is 1.83. The van der Waals surface area contributed by atoms with Crippen molar-refractivity contribution < 1.29 is 14.8 Å². The van der Waals surface area contributed by atoms with Crippen LogP contribution in [-0.4, -0.2) is 40.7 Å². The van der Waals surface area contributed by atoms with Gasteiger partial charge < -0.3 is 0 Å². The lowest BCUT2D eigenvalue weighted by Crippen LogP contribution is -2.40. The summed E-state index contributed by atoms with van der Waals surface area (Å²) in [6, 6.07) is -0.745. The number of rotatable bonds is 3. The average molecular weight is 159 g/mol. The lowest BCUT2D eigenvalue weighted by Gasteiger charge is -2.17. The van der Waals surface area contributed by atoms with Gasteiger partial charge in [0.1, 0.15) is 0 Å². The van der Waals surface area contributed by atoms with Crippen molar-refractivity contribution in [3.05, 3.63) is 0 Å². The molecule has 0 aliphatic heterocycles. The monoisotopic (exact) mass is 159 g/mol. The van der Waals surface area contributed by atoms with Crippen LogP contribution in [0.25, 0.3) is 0 Å². The van der Waals surface area contributed by atoms with Gasteiger partial charge in [0.05, 0.1) is 0 Å². The average Bonchev–Trinajstić information content (AvgIpc) is 2.05. The molecule has 0 fully saturated rings. The molecule has 0 rings (SSSR count). The molecule has 0 heterocycles. The normalized spacial score (nSPS) is 9.00. The third-order valence-corrected chi connectivity index (χ3v) is 1.18. The minimum atomic E-state index is -0.745. The molecule has 0 atom stereocenters. The zero-order valence-electron chi connectivity index (χ0n) is 6.57. The SMILES string of the molecule is CCN(O)C(=O)N([C]=O)CC. The number of carbonyl (C=O) groups is 1. The second-order valence-electron chi connectivity index (χ2n) is 1.83. The van der Waals surface area contributed by atoms with Crippen molar-refractivity contribution in [2.75, 3.05) is 13.1 Å². The highest BCUT2D eigenvalue weighted by atomic mass is 16.5. The smallest absolute Gasteiger partial charge is 0.284 e. The summed E-state index contributed by atoms with van der Waals surface area (Å²) in [6.07, 6.45) is 1.40. The predicted molar refractivity (Wildman–Crippen MR) is 37.6 cm³/mol. The van der Waals surface area contributed by atoms with Crippen molar-refractivity contribution >= 4 is 12.4 Å². The van der Waals surface area contributed by atoms with Crippen molar-refractivity contribution in [3.63, 3.8) is 0 Å². The fourth-order valence-electron chi connectivity index (χ4n) is 0.513. The molecule has 0 aliphatic carbocycles. The Kier molecular flexibility index (Phi) is 4.21. The summed E-state index contributed by atoms with van der Waals surface area (Å²) in [4.78, 5) is 21.7. The second kappa shape index (κ2) is 4.68. The van der Waals surface area contributed by atoms with Gasteiger partial charge in [-0.25, -0.2) is 9.86 Å². The number of hydroxylamine groups is 2. The third kappa shape index (κ3) is 2.55. The van der Waals surface area contributed by atoms with Crippen molar-refractivity contribution in [3.8, 4) is 0 Å². The molecule has 0 aromatic carbocycles. The number of amides is 3. The molecular formula is C6H11N2O3. The van der Waals surface area contributed by atoms with Gasteiger partial charge in [0.2, 0.25) is 0 Å². The van der Waals surface area contributed by atoms with Crippen LogP contribution in [0.2, 0.25) is 0 Å². The summed E-state index contributed by atoms with van der Waals surface area (Å²) in [6.45, 7) is 3.57. The Morgan fingerprint density at radius 2 is 2.00 bits per heavy atom. The largest absolute Gasteiger partial charge is 0.350 e. The van der Waals surface area contributed by atoms with E-state index in [9.17, 15) is 9.59 Å². The van der Waals surface area contributed by atoms with E-state index in [4.69, 9.17) is 5.21 Å². The molecule has 3 amide bonds. The lowest BCUT2D eigenvalue weighted by molar-refractivity contribution is -0.0465. The molecule has 5 nitrogen and oxygen atoms in total. The van der Waals surface area contributed by atoms with Crippen LogP contribution in [0, 0.1) is 0 Å². The summed E-state index contributed by atoms with van der Waals surface area (Å²) in [5.74, 6) is 0. The molecule has 0 bridgehead atoms. The number of carbonyl (C=O) groups excluding carboxylic acids is 2. The van der Waals surface area contributed by atoms with E-state index in [0.29, 0.717) is 5.06 Å². The van der Waals surface area contributed by atoms with Gasteiger partial charge in [0.15, 0.2) is 0 Å². The van der Waals surface area contributed by atoms with Crippen LogP contribution in [0.5, 0.6) is 0 Å². The van der Waals surface area contributed by atoms with Crippen molar-refractivity contribution in [1.82, 2.24) is 9.96 Å². The van der Waals surface area contributed by atoms with E-state index >= 15 is 0 Å². The highest BCUT2D eigenvalue weighted by Crippen LogP contribution is 1.91. The van der Waals surface area contributed by atoms with E-state index in [0.717, 1.165) is 4.90 Å². The Morgan fingerprint density at radius 1 is 1.45 bits per heavy atom. The zero-order chi connectivity index (χ0) is 8.85. The molecule has 0 saturated carbocycles. The Labute approximate surface area is 65.2 Å². The Hall–Kier alpha value is -1.10. The van der Waals surface area contributed by atoms with Gasteiger partial charge in [-0.1, -0.05) is 0 Å². The molecule has 0 aromatic rings. The highest BCUT2D eigenvalue weighted by Gasteiger charge is 2.15. The first kappa shape index (κ1) is 9.90. The molecule has 5 heteroatoms. The highest BCUT2D eigenvalue weighted by molar-refractivity contribution is 5.84. The van der Waals surface area contributed by atoms with E-state index in [1.54, 1.807) is 13.8 Å². The molecule has 0 aromatic heterocycles. The number of imide groups is 1. The maximum absolute atomic E-state index is 10.9. The van der Waals surface area contributed by atoms with Crippen molar-refractivity contribution in [1.29, 1.82) is 0 Å². The first-order chi connectivity index (χ1) is 5.17. The molecular weight excluding hydrogens is 148 g/mol. The van der Waals surface area contributed by atoms with Crippen LogP contribution in [0.3, 0.4) is 0 Å². The summed E-state index contributed by atoms with van der Waals surface area (Å²) in [7, 11) is 0. The number of urea groups is 1. The van der Waals surface area contributed by atoms with Gasteiger partial charge in [-0.15, -0.1) is 0 Å². The number of nitrogens with zero attached hydrogens (tertiary/aromatic N) is 2. The summed E-state index contributed by atoms with van der Waals surface area (Å²) in [5, 5.41) is 9.28. The first-order valence-corrected chi connectivity index (χ1v) is 3.33. The Morgan fingerprint density at radius 3 is 2.27 bits per heavy atom. The maximum atomic E-state index is 10.9. The van der Waals surface area contributed by atoms with Gasteiger partial charge in [-0.3, -0.25) is 14.9 Å². The molecule has 0 aliphatic rings. The molecule has 0 unspecified atom stereocenters. The van der Waals surface area contributed by atoms with E-state index in [1.165, 1.54) is 6.41 Å². The van der Waals surface area contributed by atoms with E-state index in [-0.39, 0.29) is 13.1 Å². The van der Waals surface area contributed by atoms with Gasteiger partial charge in [0.25, 0.3) is 0 Å².